The van der Waals surface area contributed by atoms with Crippen LogP contribution in [0.3, 0.4) is 0 Å². The van der Waals surface area contributed by atoms with E-state index in [1.54, 1.807) is 24.3 Å². The van der Waals surface area contributed by atoms with E-state index in [9.17, 15) is 4.79 Å². The summed E-state index contributed by atoms with van der Waals surface area (Å²) in [5, 5.41) is 0.595. The number of ether oxygens (including phenoxy) is 1. The van der Waals surface area contributed by atoms with Gasteiger partial charge in [-0.05, 0) is 53.8 Å². The highest BCUT2D eigenvalue weighted by atomic mass is 35.5. The van der Waals surface area contributed by atoms with Gasteiger partial charge in [0.15, 0.2) is 0 Å². The summed E-state index contributed by atoms with van der Waals surface area (Å²) in [5.41, 5.74) is 2.72. The van der Waals surface area contributed by atoms with Crippen LogP contribution in [0.1, 0.15) is 42.3 Å². The van der Waals surface area contributed by atoms with Crippen molar-refractivity contribution >= 4 is 17.6 Å². The third kappa shape index (κ3) is 3.85. The van der Waals surface area contributed by atoms with Gasteiger partial charge in [-0.2, -0.15) is 0 Å². The van der Waals surface area contributed by atoms with E-state index in [1.165, 1.54) is 5.56 Å². The van der Waals surface area contributed by atoms with Crippen molar-refractivity contribution in [3.05, 3.63) is 64.2 Å². The van der Waals surface area contributed by atoms with Gasteiger partial charge in [0.1, 0.15) is 5.75 Å². The molecular formula is C18H19ClO2. The number of carbonyl (C=O) groups excluding carboxylic acids is 1. The summed E-state index contributed by atoms with van der Waals surface area (Å²) >= 11 is 5.81. The maximum Gasteiger partial charge on any atom is 0.343 e. The Morgan fingerprint density at radius 3 is 2.19 bits per heavy atom. The smallest absolute Gasteiger partial charge is 0.343 e. The number of rotatable bonds is 2. The quantitative estimate of drug-likeness (QED) is 0.565. The Morgan fingerprint density at radius 1 is 1.05 bits per heavy atom. The van der Waals surface area contributed by atoms with Crippen LogP contribution in [-0.4, -0.2) is 5.97 Å². The summed E-state index contributed by atoms with van der Waals surface area (Å²) in [4.78, 5) is 12.1. The first-order valence-corrected chi connectivity index (χ1v) is 7.24. The monoisotopic (exact) mass is 302 g/mol. The average Bonchev–Trinajstić information content (AvgIpc) is 2.40. The van der Waals surface area contributed by atoms with Crippen molar-refractivity contribution in [3.63, 3.8) is 0 Å². The van der Waals surface area contributed by atoms with Gasteiger partial charge in [0.05, 0.1) is 5.56 Å². The van der Waals surface area contributed by atoms with Crippen molar-refractivity contribution in [2.24, 2.45) is 0 Å². The Labute approximate surface area is 130 Å². The van der Waals surface area contributed by atoms with Crippen LogP contribution in [0, 0.1) is 6.92 Å². The topological polar surface area (TPSA) is 26.3 Å². The zero-order valence-corrected chi connectivity index (χ0v) is 13.5. The van der Waals surface area contributed by atoms with E-state index in [0.717, 1.165) is 5.56 Å². The highest BCUT2D eigenvalue weighted by Gasteiger charge is 2.16. The van der Waals surface area contributed by atoms with E-state index >= 15 is 0 Å². The number of carbonyl (C=O) groups is 1. The van der Waals surface area contributed by atoms with Crippen LogP contribution >= 0.6 is 11.6 Å². The summed E-state index contributed by atoms with van der Waals surface area (Å²) < 4.78 is 5.46. The van der Waals surface area contributed by atoms with E-state index in [0.29, 0.717) is 16.3 Å². The molecule has 0 heterocycles. The van der Waals surface area contributed by atoms with Crippen LogP contribution in [0.4, 0.5) is 0 Å². The van der Waals surface area contributed by atoms with Crippen molar-refractivity contribution in [2.75, 3.05) is 0 Å². The minimum absolute atomic E-state index is 0.0729. The zero-order chi connectivity index (χ0) is 15.6. The molecule has 0 N–H and O–H groups in total. The summed E-state index contributed by atoms with van der Waals surface area (Å²) in [7, 11) is 0. The molecule has 110 valence electrons. The van der Waals surface area contributed by atoms with Gasteiger partial charge in [-0.3, -0.25) is 0 Å². The van der Waals surface area contributed by atoms with Crippen molar-refractivity contribution in [1.82, 2.24) is 0 Å². The Bertz CT molecular complexity index is 652. The minimum atomic E-state index is -0.377. The van der Waals surface area contributed by atoms with Crippen molar-refractivity contribution in [2.45, 2.75) is 33.1 Å². The molecule has 0 aromatic heterocycles. The normalized spacial score (nSPS) is 11.3. The van der Waals surface area contributed by atoms with Gasteiger partial charge in [0.25, 0.3) is 0 Å². The molecule has 0 radical (unpaired) electrons. The number of hydrogen-bond acceptors (Lipinski definition) is 2. The van der Waals surface area contributed by atoms with Crippen LogP contribution in [0.5, 0.6) is 5.75 Å². The number of esters is 1. The first-order valence-electron chi connectivity index (χ1n) is 6.86. The molecule has 3 heteroatoms. The van der Waals surface area contributed by atoms with Gasteiger partial charge in [-0.25, -0.2) is 4.79 Å². The second kappa shape index (κ2) is 5.90. The molecule has 0 aliphatic heterocycles. The third-order valence-electron chi connectivity index (χ3n) is 3.32. The maximum atomic E-state index is 12.1. The van der Waals surface area contributed by atoms with E-state index in [4.69, 9.17) is 16.3 Å². The van der Waals surface area contributed by atoms with Crippen molar-refractivity contribution in [1.29, 1.82) is 0 Å². The molecule has 2 nitrogen and oxygen atoms in total. The van der Waals surface area contributed by atoms with Gasteiger partial charge in [0, 0.05) is 5.02 Å². The van der Waals surface area contributed by atoms with Gasteiger partial charge in [-0.15, -0.1) is 0 Å². The molecule has 0 bridgehead atoms. The molecule has 2 aromatic carbocycles. The first-order chi connectivity index (χ1) is 9.77. The van der Waals surface area contributed by atoms with E-state index in [1.807, 2.05) is 19.1 Å². The predicted molar refractivity (Wildman–Crippen MR) is 86.3 cm³/mol. The molecule has 0 fully saturated rings. The number of aryl methyl sites for hydroxylation is 1. The van der Waals surface area contributed by atoms with Crippen LogP contribution < -0.4 is 4.74 Å². The number of halogens is 1. The molecule has 0 aliphatic carbocycles. The molecule has 0 atom stereocenters. The van der Waals surface area contributed by atoms with Gasteiger partial charge >= 0.3 is 5.97 Å². The zero-order valence-electron chi connectivity index (χ0n) is 12.7. The fourth-order valence-electron chi connectivity index (χ4n) is 1.98. The van der Waals surface area contributed by atoms with Crippen LogP contribution in [-0.2, 0) is 5.41 Å². The molecule has 0 amide bonds. The molecule has 21 heavy (non-hydrogen) atoms. The fourth-order valence-corrected chi connectivity index (χ4v) is 2.10. The fraction of sp³-hybridized carbons (Fsp3) is 0.278. The molecular weight excluding hydrogens is 284 g/mol. The van der Waals surface area contributed by atoms with E-state index < -0.39 is 0 Å². The third-order valence-corrected chi connectivity index (χ3v) is 3.58. The first kappa shape index (κ1) is 15.6. The van der Waals surface area contributed by atoms with Gasteiger partial charge in [-0.1, -0.05) is 44.5 Å². The largest absolute Gasteiger partial charge is 0.423 e. The van der Waals surface area contributed by atoms with E-state index in [-0.39, 0.29) is 11.4 Å². The van der Waals surface area contributed by atoms with Gasteiger partial charge < -0.3 is 4.74 Å². The maximum absolute atomic E-state index is 12.1. The highest BCUT2D eigenvalue weighted by Crippen LogP contribution is 2.28. The lowest BCUT2D eigenvalue weighted by atomic mass is 9.86. The molecule has 0 saturated heterocycles. The predicted octanol–water partition coefficient (Wildman–Crippen LogP) is 5.17. The van der Waals surface area contributed by atoms with E-state index in [2.05, 4.69) is 26.8 Å². The number of hydrogen-bond donors (Lipinski definition) is 0. The summed E-state index contributed by atoms with van der Waals surface area (Å²) in [5.74, 6) is 0.209. The SMILES string of the molecule is Cc1cc(C(C)(C)C)ccc1OC(=O)c1ccc(Cl)cc1. The van der Waals surface area contributed by atoms with Gasteiger partial charge in [0.2, 0.25) is 0 Å². The Kier molecular flexibility index (Phi) is 4.38. The Morgan fingerprint density at radius 2 is 1.67 bits per heavy atom. The molecule has 0 spiro atoms. The lowest BCUT2D eigenvalue weighted by Crippen LogP contribution is -2.13. The Hall–Kier alpha value is -1.80. The van der Waals surface area contributed by atoms with Crippen molar-refractivity contribution in [3.8, 4) is 5.75 Å². The minimum Gasteiger partial charge on any atom is -0.423 e. The second-order valence-corrected chi connectivity index (χ2v) is 6.56. The number of benzene rings is 2. The molecule has 2 rings (SSSR count). The Balaban J connectivity index is 2.20. The van der Waals surface area contributed by atoms with Crippen LogP contribution in [0.2, 0.25) is 5.02 Å². The highest BCUT2D eigenvalue weighted by molar-refractivity contribution is 6.30. The van der Waals surface area contributed by atoms with Crippen molar-refractivity contribution < 1.29 is 9.53 Å². The molecule has 0 unspecified atom stereocenters. The lowest BCUT2D eigenvalue weighted by Gasteiger charge is -2.20. The molecule has 0 aliphatic rings. The lowest BCUT2D eigenvalue weighted by molar-refractivity contribution is 0.0733. The summed E-state index contributed by atoms with van der Waals surface area (Å²) in [6.07, 6.45) is 0. The molecule has 0 saturated carbocycles. The summed E-state index contributed by atoms with van der Waals surface area (Å²) in [6, 6.07) is 12.6. The standard InChI is InChI=1S/C18H19ClO2/c1-12-11-14(18(2,3)4)7-10-16(12)21-17(20)13-5-8-15(19)9-6-13/h5-11H,1-4H3. The second-order valence-electron chi connectivity index (χ2n) is 6.13. The van der Waals surface area contributed by atoms with Crippen LogP contribution in [0.15, 0.2) is 42.5 Å². The summed E-state index contributed by atoms with van der Waals surface area (Å²) in [6.45, 7) is 8.41. The molecule has 2 aromatic rings. The van der Waals surface area contributed by atoms with Crippen LogP contribution in [0.25, 0.3) is 0 Å². The average molecular weight is 303 g/mol.